The normalized spacial score (nSPS) is 22.2. The minimum Gasteiger partial charge on any atom is -0.332 e. The molecule has 0 bridgehead atoms. The molecule has 2 unspecified atom stereocenters. The van der Waals surface area contributed by atoms with Crippen molar-refractivity contribution in [3.63, 3.8) is 0 Å². The number of aromatic nitrogens is 1. The van der Waals surface area contributed by atoms with Crippen LogP contribution >= 0.6 is 11.8 Å². The lowest BCUT2D eigenvalue weighted by Crippen LogP contribution is -2.49. The van der Waals surface area contributed by atoms with E-state index >= 15 is 0 Å². The second kappa shape index (κ2) is 18.8. The third kappa shape index (κ3) is 10.2. The molecule has 3 nitrogen and oxygen atoms in total. The summed E-state index contributed by atoms with van der Waals surface area (Å²) < 4.78 is 3.59. The van der Waals surface area contributed by atoms with E-state index < -0.39 is 0 Å². The summed E-state index contributed by atoms with van der Waals surface area (Å²) in [6.07, 6.45) is 30.9. The summed E-state index contributed by atoms with van der Waals surface area (Å²) in [4.78, 5) is 4.14. The van der Waals surface area contributed by atoms with Crippen LogP contribution in [0.2, 0.25) is 0 Å². The van der Waals surface area contributed by atoms with Gasteiger partial charge in [-0.25, -0.2) is 4.57 Å². The topological polar surface area (TPSA) is 7.12 Å². The van der Waals surface area contributed by atoms with Crippen molar-refractivity contribution in [1.29, 1.82) is 0 Å². The van der Waals surface area contributed by atoms with Gasteiger partial charge in [0, 0.05) is 23.1 Å². The molecule has 0 spiro atoms. The van der Waals surface area contributed by atoms with Crippen LogP contribution in [0.25, 0.3) is 6.08 Å². The van der Waals surface area contributed by atoms with Crippen molar-refractivity contribution in [2.24, 2.45) is 5.92 Å². The molecule has 1 aliphatic carbocycles. The van der Waals surface area contributed by atoms with Gasteiger partial charge in [0.1, 0.15) is 0 Å². The van der Waals surface area contributed by atoms with Crippen LogP contribution in [0.1, 0.15) is 123 Å². The zero-order valence-electron chi connectivity index (χ0n) is 28.7. The summed E-state index contributed by atoms with van der Waals surface area (Å²) in [6, 6.07) is 14.2. The molecule has 1 fully saturated rings. The molecule has 2 aliphatic rings. The van der Waals surface area contributed by atoms with E-state index in [-0.39, 0.29) is 0 Å². The number of allylic oxidation sites excluding steroid dienone is 2. The van der Waals surface area contributed by atoms with E-state index in [1.807, 2.05) is 11.8 Å². The Bertz CT molecular complexity index is 1140. The number of anilines is 1. The number of para-hydroxylation sites is 1. The molecule has 1 aliphatic heterocycles. The van der Waals surface area contributed by atoms with Crippen LogP contribution in [0.4, 0.5) is 5.69 Å². The standard InChI is InChI=1S/C40H63N3S/c1-5-43(6-2,7-3)34-22-31-41-32-29-36(30-33-41)24-21-28-40-42(38-26-19-20-27-39(38)44-40)37-25-18-16-14-12-10-8-9-11-13-15-17-23-35(37)4/h19-21,24,26-30,32-33,35,37H,5-18,22-23,25,31,34H2,1-4H3/q+2. The van der Waals surface area contributed by atoms with Gasteiger partial charge in [0.2, 0.25) is 0 Å². The van der Waals surface area contributed by atoms with Gasteiger partial charge >= 0.3 is 0 Å². The molecule has 242 valence electrons. The summed E-state index contributed by atoms with van der Waals surface area (Å²) in [7, 11) is 0. The Morgan fingerprint density at radius 2 is 1.39 bits per heavy atom. The quantitative estimate of drug-likeness (QED) is 0.193. The van der Waals surface area contributed by atoms with Crippen molar-refractivity contribution in [2.75, 3.05) is 31.1 Å². The van der Waals surface area contributed by atoms with E-state index in [2.05, 4.69) is 104 Å². The van der Waals surface area contributed by atoms with Crippen molar-refractivity contribution in [3.05, 3.63) is 71.5 Å². The summed E-state index contributed by atoms with van der Waals surface area (Å²) in [5.74, 6) is 0.694. The molecule has 0 N–H and O–H groups in total. The van der Waals surface area contributed by atoms with E-state index in [0.29, 0.717) is 12.0 Å². The summed E-state index contributed by atoms with van der Waals surface area (Å²) in [6.45, 7) is 15.6. The van der Waals surface area contributed by atoms with Gasteiger partial charge in [-0.05, 0) is 63.3 Å². The highest BCUT2D eigenvalue weighted by molar-refractivity contribution is 8.03. The molecule has 0 saturated heterocycles. The van der Waals surface area contributed by atoms with Gasteiger partial charge < -0.3 is 9.38 Å². The Kier molecular flexibility index (Phi) is 14.9. The largest absolute Gasteiger partial charge is 0.332 e. The number of quaternary nitrogens is 1. The Morgan fingerprint density at radius 3 is 2.02 bits per heavy atom. The van der Waals surface area contributed by atoms with Gasteiger partial charge in [-0.1, -0.05) is 114 Å². The van der Waals surface area contributed by atoms with Crippen LogP contribution < -0.4 is 9.47 Å². The third-order valence-electron chi connectivity index (χ3n) is 10.7. The predicted molar refractivity (Wildman–Crippen MR) is 193 cm³/mol. The average Bonchev–Trinajstić information content (AvgIpc) is 3.41. The fourth-order valence-electron chi connectivity index (χ4n) is 7.46. The fourth-order valence-corrected chi connectivity index (χ4v) is 8.58. The molecule has 4 rings (SSSR count). The Balaban J connectivity index is 1.44. The molecule has 44 heavy (non-hydrogen) atoms. The van der Waals surface area contributed by atoms with Gasteiger partial charge in [-0.2, -0.15) is 0 Å². The maximum absolute atomic E-state index is 2.73. The second-order valence-corrected chi connectivity index (χ2v) is 14.6. The average molecular weight is 618 g/mol. The number of hydrogen-bond acceptors (Lipinski definition) is 2. The van der Waals surface area contributed by atoms with Crippen molar-refractivity contribution < 1.29 is 9.05 Å². The SMILES string of the molecule is CC[N+](CC)(CC)CCC[n+]1ccc(C=CC=C2Sc3ccccc3N2C2CCCCCCCCCCCCCC2C)cc1. The third-order valence-corrected chi connectivity index (χ3v) is 11.8. The van der Waals surface area contributed by atoms with Crippen LogP contribution in [0.5, 0.6) is 0 Å². The Morgan fingerprint density at radius 1 is 0.795 bits per heavy atom. The van der Waals surface area contributed by atoms with Crippen molar-refractivity contribution in [2.45, 2.75) is 135 Å². The van der Waals surface area contributed by atoms with Crippen LogP contribution in [-0.2, 0) is 6.54 Å². The minimum absolute atomic E-state index is 0.567. The number of aryl methyl sites for hydroxylation is 1. The van der Waals surface area contributed by atoms with Crippen molar-refractivity contribution in [1.82, 2.24) is 0 Å². The highest BCUT2D eigenvalue weighted by Gasteiger charge is 2.33. The highest BCUT2D eigenvalue weighted by atomic mass is 32.2. The molecule has 1 aromatic carbocycles. The lowest BCUT2D eigenvalue weighted by Gasteiger charge is -2.35. The van der Waals surface area contributed by atoms with Crippen LogP contribution in [0.3, 0.4) is 0 Å². The number of pyridine rings is 1. The molecular weight excluding hydrogens is 555 g/mol. The van der Waals surface area contributed by atoms with Gasteiger partial charge in [0.15, 0.2) is 18.9 Å². The van der Waals surface area contributed by atoms with E-state index in [0.717, 1.165) is 6.54 Å². The summed E-state index contributed by atoms with van der Waals surface area (Å²) in [5, 5.41) is 1.40. The van der Waals surface area contributed by atoms with Crippen molar-refractivity contribution in [3.8, 4) is 0 Å². The lowest BCUT2D eigenvalue weighted by molar-refractivity contribution is -0.925. The Hall–Kier alpha value is -2.04. The smallest absolute Gasteiger partial charge is 0.169 e. The maximum Gasteiger partial charge on any atom is 0.169 e. The molecule has 1 saturated carbocycles. The zero-order valence-corrected chi connectivity index (χ0v) is 29.5. The fraction of sp³-hybridized carbons (Fsp3) is 0.625. The Labute approximate surface area is 275 Å². The van der Waals surface area contributed by atoms with Crippen LogP contribution in [0.15, 0.2) is 70.9 Å². The first kappa shape index (κ1) is 34.8. The molecule has 2 aromatic rings. The molecule has 0 radical (unpaired) electrons. The monoisotopic (exact) mass is 617 g/mol. The lowest BCUT2D eigenvalue weighted by atomic mass is 9.89. The number of fused-ring (bicyclic) bond motifs is 1. The first-order valence-corrected chi connectivity index (χ1v) is 19.2. The summed E-state index contributed by atoms with van der Waals surface area (Å²) >= 11 is 1.96. The number of thioether (sulfide) groups is 1. The minimum atomic E-state index is 0.567. The summed E-state index contributed by atoms with van der Waals surface area (Å²) in [5.41, 5.74) is 2.69. The van der Waals surface area contributed by atoms with E-state index in [9.17, 15) is 0 Å². The molecule has 4 heteroatoms. The molecule has 1 aromatic heterocycles. The maximum atomic E-state index is 2.73. The van der Waals surface area contributed by atoms with Gasteiger partial charge in [0.05, 0.1) is 43.3 Å². The number of hydrogen-bond donors (Lipinski definition) is 0. The number of benzene rings is 1. The van der Waals surface area contributed by atoms with Crippen LogP contribution in [0, 0.1) is 5.92 Å². The van der Waals surface area contributed by atoms with Crippen molar-refractivity contribution >= 4 is 23.5 Å². The molecule has 0 amide bonds. The number of nitrogens with zero attached hydrogens (tertiary/aromatic N) is 3. The van der Waals surface area contributed by atoms with Gasteiger partial charge in [-0.3, -0.25) is 0 Å². The van der Waals surface area contributed by atoms with Crippen LogP contribution in [-0.4, -0.2) is 36.7 Å². The van der Waals surface area contributed by atoms with Gasteiger partial charge in [0.25, 0.3) is 0 Å². The number of rotatable bonds is 10. The first-order chi connectivity index (χ1) is 21.6. The van der Waals surface area contributed by atoms with Gasteiger partial charge in [-0.15, -0.1) is 0 Å². The highest BCUT2D eigenvalue weighted by Crippen LogP contribution is 2.49. The van der Waals surface area contributed by atoms with E-state index in [1.165, 1.54) is 142 Å². The molecule has 2 heterocycles. The predicted octanol–water partition coefficient (Wildman–Crippen LogP) is 10.8. The first-order valence-electron chi connectivity index (χ1n) is 18.4. The van der Waals surface area contributed by atoms with E-state index in [4.69, 9.17) is 0 Å². The molecular formula is C40H63N3S+2. The molecule has 2 atom stereocenters. The van der Waals surface area contributed by atoms with E-state index in [1.54, 1.807) is 0 Å². The zero-order chi connectivity index (χ0) is 31.0. The second-order valence-electron chi connectivity index (χ2n) is 13.6.